The first-order valence-electron chi connectivity index (χ1n) is 7.49. The van der Waals surface area contributed by atoms with Gasteiger partial charge in [-0.1, -0.05) is 30.3 Å². The Morgan fingerprint density at radius 3 is 2.46 bits per heavy atom. The SMILES string of the molecule is CS(=O)(=O)c1ccc(Cc2nccn2Cc2ccccc2O)cc1. The van der Waals surface area contributed by atoms with Gasteiger partial charge in [0.25, 0.3) is 0 Å². The Morgan fingerprint density at radius 1 is 1.08 bits per heavy atom. The van der Waals surface area contributed by atoms with Crippen molar-refractivity contribution in [3.8, 4) is 5.75 Å². The molecule has 6 heteroatoms. The van der Waals surface area contributed by atoms with Crippen LogP contribution >= 0.6 is 0 Å². The molecule has 0 atom stereocenters. The summed E-state index contributed by atoms with van der Waals surface area (Å²) in [6.45, 7) is 0.531. The number of benzene rings is 2. The summed E-state index contributed by atoms with van der Waals surface area (Å²) in [4.78, 5) is 4.68. The Balaban J connectivity index is 1.80. The van der Waals surface area contributed by atoms with Crippen LogP contribution in [0, 0.1) is 0 Å². The fourth-order valence-corrected chi connectivity index (χ4v) is 3.15. The standard InChI is InChI=1S/C18H18N2O3S/c1-24(22,23)16-8-6-14(7-9-16)12-18-19-10-11-20(18)13-15-4-2-3-5-17(15)21/h2-11,21H,12-13H2,1H3. The highest BCUT2D eigenvalue weighted by Crippen LogP contribution is 2.19. The molecule has 0 bridgehead atoms. The van der Waals surface area contributed by atoms with Crippen LogP contribution in [0.2, 0.25) is 0 Å². The molecule has 2 aromatic carbocycles. The van der Waals surface area contributed by atoms with E-state index < -0.39 is 9.84 Å². The largest absolute Gasteiger partial charge is 0.508 e. The first kappa shape index (κ1) is 16.3. The number of nitrogens with zero attached hydrogens (tertiary/aromatic N) is 2. The van der Waals surface area contributed by atoms with E-state index in [2.05, 4.69) is 4.98 Å². The number of phenolic OH excluding ortho intramolecular Hbond substituents is 1. The zero-order chi connectivity index (χ0) is 17.2. The van der Waals surface area contributed by atoms with Crippen molar-refractivity contribution in [2.75, 3.05) is 6.26 Å². The van der Waals surface area contributed by atoms with Gasteiger partial charge in [0.15, 0.2) is 9.84 Å². The molecule has 24 heavy (non-hydrogen) atoms. The summed E-state index contributed by atoms with van der Waals surface area (Å²) in [6, 6.07) is 14.0. The Hall–Kier alpha value is -2.60. The molecule has 1 heterocycles. The molecule has 0 saturated carbocycles. The van der Waals surface area contributed by atoms with Gasteiger partial charge in [-0.25, -0.2) is 13.4 Å². The highest BCUT2D eigenvalue weighted by atomic mass is 32.2. The maximum Gasteiger partial charge on any atom is 0.175 e. The van der Waals surface area contributed by atoms with Crippen molar-refractivity contribution in [2.45, 2.75) is 17.9 Å². The van der Waals surface area contributed by atoms with Crippen LogP contribution in [0.25, 0.3) is 0 Å². The van der Waals surface area contributed by atoms with E-state index in [1.807, 2.05) is 22.9 Å². The van der Waals surface area contributed by atoms with E-state index in [1.165, 1.54) is 6.26 Å². The summed E-state index contributed by atoms with van der Waals surface area (Å²) < 4.78 is 25.0. The average Bonchev–Trinajstić information content (AvgIpc) is 2.96. The minimum atomic E-state index is -3.18. The minimum Gasteiger partial charge on any atom is -0.508 e. The van der Waals surface area contributed by atoms with Gasteiger partial charge < -0.3 is 9.67 Å². The first-order valence-corrected chi connectivity index (χ1v) is 9.38. The fraction of sp³-hybridized carbons (Fsp3) is 0.167. The topological polar surface area (TPSA) is 72.2 Å². The molecule has 0 unspecified atom stereocenters. The Kier molecular flexibility index (Phi) is 4.40. The maximum absolute atomic E-state index is 11.5. The first-order chi connectivity index (χ1) is 11.4. The summed E-state index contributed by atoms with van der Waals surface area (Å²) in [7, 11) is -3.18. The van der Waals surface area contributed by atoms with Crippen molar-refractivity contribution >= 4 is 9.84 Å². The molecule has 0 aliphatic heterocycles. The summed E-state index contributed by atoms with van der Waals surface area (Å²) in [5.41, 5.74) is 1.80. The Morgan fingerprint density at radius 2 is 1.79 bits per heavy atom. The molecular formula is C18H18N2O3S. The molecule has 0 amide bonds. The number of aromatic nitrogens is 2. The lowest BCUT2D eigenvalue weighted by Gasteiger charge is -2.10. The molecule has 0 aliphatic rings. The molecule has 5 nitrogen and oxygen atoms in total. The molecule has 124 valence electrons. The van der Waals surface area contributed by atoms with Crippen LogP contribution in [-0.4, -0.2) is 29.3 Å². The van der Waals surface area contributed by atoms with Crippen LogP contribution in [0.15, 0.2) is 65.8 Å². The van der Waals surface area contributed by atoms with Crippen LogP contribution in [0.1, 0.15) is 17.0 Å². The van der Waals surface area contributed by atoms with Gasteiger partial charge in [0.1, 0.15) is 11.6 Å². The van der Waals surface area contributed by atoms with Crippen LogP contribution in [0.4, 0.5) is 0 Å². The molecule has 1 aromatic heterocycles. The molecule has 0 aliphatic carbocycles. The predicted molar refractivity (Wildman–Crippen MR) is 91.8 cm³/mol. The van der Waals surface area contributed by atoms with Crippen LogP contribution in [0.3, 0.4) is 0 Å². The van der Waals surface area contributed by atoms with Gasteiger partial charge in [0.05, 0.1) is 11.4 Å². The van der Waals surface area contributed by atoms with E-state index in [0.29, 0.717) is 17.9 Å². The maximum atomic E-state index is 11.5. The fourth-order valence-electron chi connectivity index (χ4n) is 2.52. The highest BCUT2D eigenvalue weighted by molar-refractivity contribution is 7.90. The van der Waals surface area contributed by atoms with Crippen LogP contribution < -0.4 is 0 Å². The number of hydrogen-bond donors (Lipinski definition) is 1. The van der Waals surface area contributed by atoms with Gasteiger partial charge in [-0.05, 0) is 23.8 Å². The molecule has 1 N–H and O–H groups in total. The summed E-state index contributed by atoms with van der Waals surface area (Å²) in [6.07, 6.45) is 5.37. The Labute approximate surface area is 141 Å². The second-order valence-corrected chi connectivity index (χ2v) is 7.71. The van der Waals surface area contributed by atoms with Crippen molar-refractivity contribution in [2.24, 2.45) is 0 Å². The van der Waals surface area contributed by atoms with Crippen molar-refractivity contribution in [3.05, 3.63) is 77.9 Å². The van der Waals surface area contributed by atoms with Gasteiger partial charge in [0, 0.05) is 30.6 Å². The molecule has 0 fully saturated rings. The van der Waals surface area contributed by atoms with Crippen molar-refractivity contribution < 1.29 is 13.5 Å². The summed E-state index contributed by atoms with van der Waals surface area (Å²) in [5, 5.41) is 9.91. The second kappa shape index (κ2) is 6.49. The lowest BCUT2D eigenvalue weighted by atomic mass is 10.1. The molecule has 0 spiro atoms. The van der Waals surface area contributed by atoms with E-state index in [9.17, 15) is 13.5 Å². The normalized spacial score (nSPS) is 11.5. The zero-order valence-electron chi connectivity index (χ0n) is 13.3. The third-order valence-corrected chi connectivity index (χ3v) is 4.98. The molecule has 0 radical (unpaired) electrons. The number of para-hydroxylation sites is 1. The van der Waals surface area contributed by atoms with Crippen LogP contribution in [-0.2, 0) is 22.8 Å². The van der Waals surface area contributed by atoms with Gasteiger partial charge in [0.2, 0.25) is 0 Å². The molecule has 3 aromatic rings. The van der Waals surface area contributed by atoms with Gasteiger partial charge in [-0.2, -0.15) is 0 Å². The highest BCUT2D eigenvalue weighted by Gasteiger charge is 2.09. The quantitative estimate of drug-likeness (QED) is 0.774. The van der Waals surface area contributed by atoms with E-state index in [0.717, 1.165) is 17.0 Å². The third-order valence-electron chi connectivity index (χ3n) is 3.85. The van der Waals surface area contributed by atoms with Crippen molar-refractivity contribution in [1.29, 1.82) is 0 Å². The lowest BCUT2D eigenvalue weighted by molar-refractivity contribution is 0.465. The third kappa shape index (κ3) is 3.65. The van der Waals surface area contributed by atoms with E-state index >= 15 is 0 Å². The van der Waals surface area contributed by atoms with Gasteiger partial charge >= 0.3 is 0 Å². The van der Waals surface area contributed by atoms with E-state index in [4.69, 9.17) is 0 Å². The number of hydrogen-bond acceptors (Lipinski definition) is 4. The number of sulfone groups is 1. The zero-order valence-corrected chi connectivity index (χ0v) is 14.1. The predicted octanol–water partition coefficient (Wildman–Crippen LogP) is 2.63. The molecule has 3 rings (SSSR count). The van der Waals surface area contributed by atoms with E-state index in [-0.39, 0.29) is 5.75 Å². The number of phenols is 1. The van der Waals surface area contributed by atoms with Crippen molar-refractivity contribution in [1.82, 2.24) is 9.55 Å². The summed E-state index contributed by atoms with van der Waals surface area (Å²) in [5.74, 6) is 1.11. The number of rotatable bonds is 5. The summed E-state index contributed by atoms with van der Waals surface area (Å²) >= 11 is 0. The minimum absolute atomic E-state index is 0.259. The average molecular weight is 342 g/mol. The lowest BCUT2D eigenvalue weighted by Crippen LogP contribution is -2.05. The van der Waals surface area contributed by atoms with Gasteiger partial charge in [-0.15, -0.1) is 0 Å². The number of aromatic hydroxyl groups is 1. The van der Waals surface area contributed by atoms with Crippen LogP contribution in [0.5, 0.6) is 5.75 Å². The Bertz CT molecular complexity index is 944. The second-order valence-electron chi connectivity index (χ2n) is 5.69. The van der Waals surface area contributed by atoms with E-state index in [1.54, 1.807) is 42.6 Å². The van der Waals surface area contributed by atoms with Gasteiger partial charge in [-0.3, -0.25) is 0 Å². The smallest absolute Gasteiger partial charge is 0.175 e. The number of imidazole rings is 1. The van der Waals surface area contributed by atoms with Crippen molar-refractivity contribution in [3.63, 3.8) is 0 Å². The molecular weight excluding hydrogens is 324 g/mol. The monoisotopic (exact) mass is 342 g/mol. The molecule has 0 saturated heterocycles.